The maximum absolute atomic E-state index is 13.4. The van der Waals surface area contributed by atoms with Crippen LogP contribution in [0.2, 0.25) is 0 Å². The normalized spacial score (nSPS) is 12.1. The first-order valence-electron chi connectivity index (χ1n) is 11.0. The van der Waals surface area contributed by atoms with Crippen molar-refractivity contribution in [2.24, 2.45) is 7.05 Å². The van der Waals surface area contributed by atoms with Gasteiger partial charge in [-0.15, -0.1) is 0 Å². The SMILES string of the molecule is C=C/C=C\C(=C/C)Cn1c(Oc2ccc(CC)cc2)nc2c1c(=O)n(CCCO)c(=O)n2C. The Hall–Kier alpha value is -3.65. The van der Waals surface area contributed by atoms with Crippen LogP contribution in [0.25, 0.3) is 11.2 Å². The van der Waals surface area contributed by atoms with Crippen LogP contribution in [0, 0.1) is 0 Å². The van der Waals surface area contributed by atoms with Gasteiger partial charge in [-0.1, -0.05) is 49.9 Å². The van der Waals surface area contributed by atoms with Crippen LogP contribution < -0.4 is 16.0 Å². The first-order valence-corrected chi connectivity index (χ1v) is 11.0. The Morgan fingerprint density at radius 3 is 2.55 bits per heavy atom. The number of aliphatic hydroxyl groups excluding tert-OH is 1. The molecule has 0 amide bonds. The molecule has 0 radical (unpaired) electrons. The van der Waals surface area contributed by atoms with Crippen LogP contribution in [0.15, 0.2) is 70.3 Å². The number of aliphatic hydroxyl groups is 1. The summed E-state index contributed by atoms with van der Waals surface area (Å²) < 4.78 is 10.2. The van der Waals surface area contributed by atoms with Crippen molar-refractivity contribution >= 4 is 11.2 Å². The minimum absolute atomic E-state index is 0.116. The van der Waals surface area contributed by atoms with Crippen LogP contribution in [0.4, 0.5) is 0 Å². The van der Waals surface area contributed by atoms with Crippen LogP contribution in [-0.4, -0.2) is 30.4 Å². The molecular formula is C25H30N4O4. The molecule has 0 atom stereocenters. The molecule has 2 heterocycles. The lowest BCUT2D eigenvalue weighted by Crippen LogP contribution is -2.39. The Morgan fingerprint density at radius 1 is 1.21 bits per heavy atom. The van der Waals surface area contributed by atoms with Crippen molar-refractivity contribution in [3.05, 3.63) is 87.1 Å². The van der Waals surface area contributed by atoms with E-state index in [0.29, 0.717) is 18.7 Å². The van der Waals surface area contributed by atoms with Crippen molar-refractivity contribution in [2.75, 3.05) is 6.61 Å². The molecule has 1 aromatic carbocycles. The maximum atomic E-state index is 13.4. The van der Waals surface area contributed by atoms with E-state index in [1.54, 1.807) is 17.7 Å². The van der Waals surface area contributed by atoms with E-state index in [0.717, 1.165) is 16.6 Å². The fourth-order valence-corrected chi connectivity index (χ4v) is 3.52. The molecule has 0 saturated heterocycles. The van der Waals surface area contributed by atoms with E-state index in [2.05, 4.69) is 18.5 Å². The van der Waals surface area contributed by atoms with Gasteiger partial charge in [0.2, 0.25) is 0 Å². The smallest absolute Gasteiger partial charge is 0.332 e. The second kappa shape index (κ2) is 10.8. The molecule has 0 bridgehead atoms. The second-order valence-corrected chi connectivity index (χ2v) is 7.59. The van der Waals surface area contributed by atoms with Crippen molar-refractivity contribution in [1.29, 1.82) is 0 Å². The number of fused-ring (bicyclic) bond motifs is 1. The van der Waals surface area contributed by atoms with Gasteiger partial charge in [0.05, 0.1) is 6.54 Å². The third kappa shape index (κ3) is 5.06. The average Bonchev–Trinajstić information content (AvgIpc) is 3.18. The van der Waals surface area contributed by atoms with Crippen LogP contribution in [0.5, 0.6) is 11.8 Å². The van der Waals surface area contributed by atoms with E-state index in [1.165, 1.54) is 10.1 Å². The minimum Gasteiger partial charge on any atom is -0.425 e. The number of ether oxygens (including phenoxy) is 1. The summed E-state index contributed by atoms with van der Waals surface area (Å²) in [6.45, 7) is 7.99. The second-order valence-electron chi connectivity index (χ2n) is 7.59. The Morgan fingerprint density at radius 2 is 1.94 bits per heavy atom. The topological polar surface area (TPSA) is 91.3 Å². The zero-order valence-electron chi connectivity index (χ0n) is 19.3. The van der Waals surface area contributed by atoms with Crippen LogP contribution in [0.3, 0.4) is 0 Å². The van der Waals surface area contributed by atoms with Gasteiger partial charge in [0, 0.05) is 20.2 Å². The lowest BCUT2D eigenvalue weighted by molar-refractivity contribution is 0.277. The van der Waals surface area contributed by atoms with E-state index < -0.39 is 11.2 Å². The molecular weight excluding hydrogens is 420 g/mol. The monoisotopic (exact) mass is 450 g/mol. The van der Waals surface area contributed by atoms with Gasteiger partial charge in [-0.3, -0.25) is 18.5 Å². The van der Waals surface area contributed by atoms with Gasteiger partial charge in [-0.25, -0.2) is 4.79 Å². The quantitative estimate of drug-likeness (QED) is 0.479. The summed E-state index contributed by atoms with van der Waals surface area (Å²) >= 11 is 0. The third-order valence-electron chi connectivity index (χ3n) is 5.44. The van der Waals surface area contributed by atoms with E-state index in [1.807, 2.05) is 49.4 Å². The summed E-state index contributed by atoms with van der Waals surface area (Å²) in [5, 5.41) is 9.20. The molecule has 0 spiro atoms. The van der Waals surface area contributed by atoms with Gasteiger partial charge >= 0.3 is 11.7 Å². The zero-order chi connectivity index (χ0) is 24.0. The summed E-state index contributed by atoms with van der Waals surface area (Å²) in [6.07, 6.45) is 8.52. The first kappa shape index (κ1) is 24.0. The summed E-state index contributed by atoms with van der Waals surface area (Å²) in [5.41, 5.74) is 1.65. The van der Waals surface area contributed by atoms with Gasteiger partial charge in [0.15, 0.2) is 11.2 Å². The highest BCUT2D eigenvalue weighted by Gasteiger charge is 2.22. The molecule has 3 rings (SSSR count). The number of rotatable bonds is 10. The number of hydrogen-bond donors (Lipinski definition) is 1. The number of allylic oxidation sites excluding steroid dienone is 5. The molecule has 8 nitrogen and oxygen atoms in total. The number of aryl methyl sites for hydroxylation is 2. The summed E-state index contributed by atoms with van der Waals surface area (Å²) in [7, 11) is 1.57. The first-order chi connectivity index (χ1) is 15.9. The number of imidazole rings is 1. The molecule has 174 valence electrons. The Kier molecular flexibility index (Phi) is 7.84. The van der Waals surface area contributed by atoms with Crippen molar-refractivity contribution in [3.8, 4) is 11.8 Å². The van der Waals surface area contributed by atoms with Crippen LogP contribution in [-0.2, 0) is 26.6 Å². The van der Waals surface area contributed by atoms with Gasteiger partial charge in [-0.05, 0) is 43.0 Å². The van der Waals surface area contributed by atoms with E-state index in [-0.39, 0.29) is 30.3 Å². The van der Waals surface area contributed by atoms with Crippen molar-refractivity contribution in [3.63, 3.8) is 0 Å². The predicted octanol–water partition coefficient (Wildman–Crippen LogP) is 3.32. The van der Waals surface area contributed by atoms with Crippen LogP contribution in [0.1, 0.15) is 25.8 Å². The molecule has 0 unspecified atom stereocenters. The fraction of sp³-hybridized carbons (Fsp3) is 0.320. The molecule has 8 heteroatoms. The largest absolute Gasteiger partial charge is 0.425 e. The van der Waals surface area contributed by atoms with Gasteiger partial charge in [0.1, 0.15) is 5.75 Å². The molecule has 0 aliphatic carbocycles. The van der Waals surface area contributed by atoms with Gasteiger partial charge in [0.25, 0.3) is 5.56 Å². The lowest BCUT2D eigenvalue weighted by Gasteiger charge is -2.12. The molecule has 0 aliphatic rings. The Bertz CT molecular complexity index is 1310. The van der Waals surface area contributed by atoms with Crippen molar-refractivity contribution in [2.45, 2.75) is 39.8 Å². The fourth-order valence-electron chi connectivity index (χ4n) is 3.52. The standard InChI is InChI=1S/C25H30N4O4/c1-5-8-10-19(7-3)17-29-21-22(27(4)25(32)28(23(21)31)15-9-16-30)26-24(29)33-20-13-11-18(6-2)12-14-20/h5,7-8,10-14,30H,1,6,9,15-17H2,2-4H3/b10-8-,19-7+. The molecule has 3 aromatic rings. The van der Waals surface area contributed by atoms with E-state index >= 15 is 0 Å². The lowest BCUT2D eigenvalue weighted by atomic mass is 10.2. The zero-order valence-corrected chi connectivity index (χ0v) is 19.3. The number of nitrogens with zero attached hydrogens (tertiary/aromatic N) is 4. The Labute approximate surface area is 192 Å². The maximum Gasteiger partial charge on any atom is 0.332 e. The van der Waals surface area contributed by atoms with E-state index in [4.69, 9.17) is 4.74 Å². The average molecular weight is 451 g/mol. The highest BCUT2D eigenvalue weighted by Crippen LogP contribution is 2.25. The van der Waals surface area contributed by atoms with Gasteiger partial charge in [-0.2, -0.15) is 4.98 Å². The molecule has 33 heavy (non-hydrogen) atoms. The van der Waals surface area contributed by atoms with Crippen LogP contribution >= 0.6 is 0 Å². The summed E-state index contributed by atoms with van der Waals surface area (Å²) in [6, 6.07) is 7.88. The van der Waals surface area contributed by atoms with Gasteiger partial charge < -0.3 is 9.84 Å². The minimum atomic E-state index is -0.484. The van der Waals surface area contributed by atoms with E-state index in [9.17, 15) is 14.7 Å². The number of benzene rings is 1. The van der Waals surface area contributed by atoms with Crippen molar-refractivity contribution < 1.29 is 9.84 Å². The predicted molar refractivity (Wildman–Crippen MR) is 130 cm³/mol. The third-order valence-corrected chi connectivity index (χ3v) is 5.44. The summed E-state index contributed by atoms with van der Waals surface area (Å²) in [5.74, 6) is 0.582. The molecule has 0 fully saturated rings. The highest BCUT2D eigenvalue weighted by molar-refractivity contribution is 5.72. The molecule has 1 N–H and O–H groups in total. The molecule has 0 aliphatic heterocycles. The Balaban J connectivity index is 2.23. The number of hydrogen-bond acceptors (Lipinski definition) is 5. The molecule has 2 aromatic heterocycles. The summed E-state index contributed by atoms with van der Waals surface area (Å²) in [4.78, 5) is 30.7. The highest BCUT2D eigenvalue weighted by atomic mass is 16.5. The van der Waals surface area contributed by atoms with Crippen molar-refractivity contribution in [1.82, 2.24) is 18.7 Å². The molecule has 0 saturated carbocycles. The number of aromatic nitrogens is 4.